The topological polar surface area (TPSA) is 49.6 Å². The van der Waals surface area contributed by atoms with E-state index in [-0.39, 0.29) is 5.91 Å². The van der Waals surface area contributed by atoms with Crippen LogP contribution in [0.2, 0.25) is 0 Å². The molecule has 1 fully saturated rings. The number of carbonyl (C=O) groups is 1. The summed E-state index contributed by atoms with van der Waals surface area (Å²) in [4.78, 5) is 16.6. The number of likely N-dealkylation sites (tertiary alicyclic amines) is 1. The zero-order chi connectivity index (χ0) is 13.8. The molecule has 0 radical (unpaired) electrons. The average molecular weight is 265 g/mol. The number of amides is 1. The molecule has 2 N–H and O–H groups in total. The Kier molecular flexibility index (Phi) is 4.99. The van der Waals surface area contributed by atoms with Crippen molar-refractivity contribution in [2.24, 2.45) is 5.73 Å². The molecule has 0 aromatic rings. The van der Waals surface area contributed by atoms with Gasteiger partial charge < -0.3 is 10.6 Å². The summed E-state index contributed by atoms with van der Waals surface area (Å²) < 4.78 is 0. The Bertz CT molecular complexity index is 353. The Morgan fingerprint density at radius 2 is 2.26 bits per heavy atom. The van der Waals surface area contributed by atoms with Crippen molar-refractivity contribution >= 4 is 5.91 Å². The van der Waals surface area contributed by atoms with Gasteiger partial charge in [0.1, 0.15) is 0 Å². The number of rotatable bonds is 4. The molecule has 0 aromatic heterocycles. The minimum Gasteiger partial charge on any atom is -0.329 e. The summed E-state index contributed by atoms with van der Waals surface area (Å²) in [6.45, 7) is 3.38. The van der Waals surface area contributed by atoms with Crippen LogP contribution in [0.25, 0.3) is 0 Å². The van der Waals surface area contributed by atoms with Gasteiger partial charge in [0.05, 0.1) is 6.54 Å². The first-order valence-corrected chi connectivity index (χ1v) is 7.55. The summed E-state index contributed by atoms with van der Waals surface area (Å²) in [5.74, 6) is 0.209. The second kappa shape index (κ2) is 6.53. The van der Waals surface area contributed by atoms with Gasteiger partial charge in [-0.2, -0.15) is 0 Å². The number of carbonyl (C=O) groups excluding carboxylic acids is 1. The number of hydrogen-bond acceptors (Lipinski definition) is 3. The van der Waals surface area contributed by atoms with Crippen molar-refractivity contribution in [3.05, 3.63) is 11.8 Å². The Morgan fingerprint density at radius 1 is 1.47 bits per heavy atom. The molecule has 19 heavy (non-hydrogen) atoms. The molecule has 0 spiro atoms. The number of nitrogens with two attached hydrogens (primary N) is 1. The third-order valence-electron chi connectivity index (χ3n) is 4.61. The molecule has 2 atom stereocenters. The Balaban J connectivity index is 1.95. The lowest BCUT2D eigenvalue weighted by Crippen LogP contribution is -2.52. The minimum atomic E-state index is 0.209. The summed E-state index contributed by atoms with van der Waals surface area (Å²) >= 11 is 0. The molecule has 0 bridgehead atoms. The van der Waals surface area contributed by atoms with Crippen molar-refractivity contribution in [1.29, 1.82) is 0 Å². The fraction of sp³-hybridized carbons (Fsp3) is 0.800. The van der Waals surface area contributed by atoms with Gasteiger partial charge in [-0.3, -0.25) is 9.69 Å². The third kappa shape index (κ3) is 3.37. The van der Waals surface area contributed by atoms with E-state index in [1.54, 1.807) is 0 Å². The molecule has 4 heteroatoms. The summed E-state index contributed by atoms with van der Waals surface area (Å²) in [6.07, 6.45) is 9.05. The highest BCUT2D eigenvalue weighted by Crippen LogP contribution is 2.24. The van der Waals surface area contributed by atoms with Crippen molar-refractivity contribution in [1.82, 2.24) is 9.80 Å². The molecule has 108 valence electrons. The quantitative estimate of drug-likeness (QED) is 0.842. The van der Waals surface area contributed by atoms with Crippen molar-refractivity contribution in [3.8, 4) is 0 Å². The summed E-state index contributed by atoms with van der Waals surface area (Å²) in [5.41, 5.74) is 7.05. The third-order valence-corrected chi connectivity index (χ3v) is 4.61. The van der Waals surface area contributed by atoms with E-state index in [4.69, 9.17) is 5.73 Å². The fourth-order valence-electron chi connectivity index (χ4n) is 3.26. The normalized spacial score (nSPS) is 28.3. The Hall–Kier alpha value is -0.870. The number of piperidine rings is 1. The zero-order valence-electron chi connectivity index (χ0n) is 12.3. The van der Waals surface area contributed by atoms with Gasteiger partial charge in [0.25, 0.3) is 0 Å². The van der Waals surface area contributed by atoms with Crippen molar-refractivity contribution < 1.29 is 4.79 Å². The Labute approximate surface area is 116 Å². The lowest BCUT2D eigenvalue weighted by molar-refractivity contribution is -0.131. The minimum absolute atomic E-state index is 0.209. The van der Waals surface area contributed by atoms with E-state index in [9.17, 15) is 4.79 Å². The molecule has 1 aliphatic heterocycles. The van der Waals surface area contributed by atoms with E-state index < -0.39 is 0 Å². The number of hydrogen-bond donors (Lipinski definition) is 1. The molecule has 2 rings (SSSR count). The van der Waals surface area contributed by atoms with E-state index >= 15 is 0 Å². The predicted molar refractivity (Wildman–Crippen MR) is 77.6 cm³/mol. The summed E-state index contributed by atoms with van der Waals surface area (Å²) in [6, 6.07) is 0.843. The van der Waals surface area contributed by atoms with Gasteiger partial charge in [-0.05, 0) is 39.0 Å². The van der Waals surface area contributed by atoms with Gasteiger partial charge in [-0.15, -0.1) is 0 Å². The van der Waals surface area contributed by atoms with E-state index in [0.717, 1.165) is 19.3 Å². The monoisotopic (exact) mass is 265 g/mol. The zero-order valence-corrected chi connectivity index (χ0v) is 12.3. The lowest BCUT2D eigenvalue weighted by Gasteiger charge is -2.40. The fourth-order valence-corrected chi connectivity index (χ4v) is 3.26. The van der Waals surface area contributed by atoms with Crippen LogP contribution in [-0.4, -0.2) is 47.9 Å². The standard InChI is InChI=1S/C15H27N3O/c1-12-6-5-9-14(10-16)18(12)11-15(19)17(2)13-7-3-4-8-13/h7,12,14H,3-6,8-11,16H2,1-2H3. The molecule has 0 saturated carbocycles. The van der Waals surface area contributed by atoms with E-state index in [1.165, 1.54) is 25.0 Å². The van der Waals surface area contributed by atoms with Crippen LogP contribution < -0.4 is 5.73 Å². The number of allylic oxidation sites excluding steroid dienone is 2. The first-order valence-electron chi connectivity index (χ1n) is 7.55. The van der Waals surface area contributed by atoms with Gasteiger partial charge >= 0.3 is 0 Å². The van der Waals surface area contributed by atoms with Crippen LogP contribution in [0.3, 0.4) is 0 Å². The first-order chi connectivity index (χ1) is 9.13. The highest BCUT2D eigenvalue weighted by molar-refractivity contribution is 5.80. The van der Waals surface area contributed by atoms with Crippen LogP contribution in [0.4, 0.5) is 0 Å². The van der Waals surface area contributed by atoms with Crippen LogP contribution in [-0.2, 0) is 4.79 Å². The van der Waals surface area contributed by atoms with Crippen molar-refractivity contribution in [3.63, 3.8) is 0 Å². The highest BCUT2D eigenvalue weighted by atomic mass is 16.2. The largest absolute Gasteiger partial charge is 0.329 e. The van der Waals surface area contributed by atoms with Gasteiger partial charge in [-0.1, -0.05) is 12.5 Å². The molecule has 4 nitrogen and oxygen atoms in total. The summed E-state index contributed by atoms with van der Waals surface area (Å²) in [5, 5.41) is 0. The average Bonchev–Trinajstić information content (AvgIpc) is 2.94. The maximum absolute atomic E-state index is 12.4. The van der Waals surface area contributed by atoms with Gasteiger partial charge in [0.2, 0.25) is 5.91 Å². The first kappa shape index (κ1) is 14.5. The van der Waals surface area contributed by atoms with Gasteiger partial charge in [0.15, 0.2) is 0 Å². The lowest BCUT2D eigenvalue weighted by atomic mass is 9.96. The molecule has 1 heterocycles. The van der Waals surface area contributed by atoms with Crippen LogP contribution in [0, 0.1) is 0 Å². The van der Waals surface area contributed by atoms with E-state index in [0.29, 0.717) is 25.2 Å². The van der Waals surface area contributed by atoms with E-state index in [1.807, 2.05) is 11.9 Å². The van der Waals surface area contributed by atoms with Crippen LogP contribution in [0.5, 0.6) is 0 Å². The molecule has 2 aliphatic rings. The number of nitrogens with zero attached hydrogens (tertiary/aromatic N) is 2. The molecule has 1 amide bonds. The van der Waals surface area contributed by atoms with Crippen molar-refractivity contribution in [2.45, 2.75) is 57.5 Å². The summed E-state index contributed by atoms with van der Waals surface area (Å²) in [7, 11) is 1.91. The molecule has 1 aliphatic carbocycles. The van der Waals surface area contributed by atoms with Crippen LogP contribution in [0.1, 0.15) is 45.4 Å². The van der Waals surface area contributed by atoms with Gasteiger partial charge in [0, 0.05) is 31.4 Å². The molecule has 0 aromatic carbocycles. The maximum Gasteiger partial charge on any atom is 0.240 e. The molecule has 1 saturated heterocycles. The molecular weight excluding hydrogens is 238 g/mol. The predicted octanol–water partition coefficient (Wildman–Crippen LogP) is 1.71. The molecule has 2 unspecified atom stereocenters. The smallest absolute Gasteiger partial charge is 0.240 e. The highest BCUT2D eigenvalue weighted by Gasteiger charge is 2.29. The van der Waals surface area contributed by atoms with E-state index in [2.05, 4.69) is 17.9 Å². The number of likely N-dealkylation sites (N-methyl/N-ethyl adjacent to an activating group) is 1. The van der Waals surface area contributed by atoms with Gasteiger partial charge in [-0.25, -0.2) is 0 Å². The molecular formula is C15H27N3O. The van der Waals surface area contributed by atoms with Crippen LogP contribution >= 0.6 is 0 Å². The van der Waals surface area contributed by atoms with Crippen LogP contribution in [0.15, 0.2) is 11.8 Å². The Morgan fingerprint density at radius 3 is 2.89 bits per heavy atom. The van der Waals surface area contributed by atoms with Crippen molar-refractivity contribution in [2.75, 3.05) is 20.1 Å². The second-order valence-electron chi connectivity index (χ2n) is 5.88. The second-order valence-corrected chi connectivity index (χ2v) is 5.88. The maximum atomic E-state index is 12.4. The SMILES string of the molecule is CC1CCCC(CN)N1CC(=O)N(C)C1=CCCC1.